The van der Waals surface area contributed by atoms with Crippen LogP contribution in [0.2, 0.25) is 0 Å². The number of hydrogen-bond acceptors (Lipinski definition) is 5. The minimum absolute atomic E-state index is 0.104. The Morgan fingerprint density at radius 1 is 1.06 bits per heavy atom. The third-order valence-corrected chi connectivity index (χ3v) is 5.99. The fraction of sp³-hybridized carbons (Fsp3) is 0.333. The molecule has 168 valence electrons. The van der Waals surface area contributed by atoms with E-state index in [0.717, 1.165) is 22.4 Å². The molecular formula is C24H29N5O2S. The summed E-state index contributed by atoms with van der Waals surface area (Å²) in [5.74, 6) is 0.623. The number of amides is 2. The number of nitrogens with one attached hydrogen (secondary N) is 2. The van der Waals surface area contributed by atoms with E-state index < -0.39 is 0 Å². The lowest BCUT2D eigenvalue weighted by molar-refractivity contribution is -0.113. The summed E-state index contributed by atoms with van der Waals surface area (Å²) in [6, 6.07) is 13.1. The Kier molecular flexibility index (Phi) is 7.69. The van der Waals surface area contributed by atoms with Crippen LogP contribution in [0.1, 0.15) is 52.8 Å². The standard InChI is InChI=1S/C24H29N5O2S/c1-6-29-22(18(5)25-23(31)20-10-8-7-9-17(20)4)27-28-24(29)32-14-21(30)26-19-12-15(2)11-16(3)13-19/h7-13,18H,6,14H2,1-5H3,(H,25,31)(H,26,30)/t18-/m0/s1. The zero-order valence-corrected chi connectivity index (χ0v) is 19.9. The van der Waals surface area contributed by atoms with Crippen molar-refractivity contribution in [3.8, 4) is 0 Å². The molecule has 0 bridgehead atoms. The van der Waals surface area contributed by atoms with Gasteiger partial charge in [0.15, 0.2) is 11.0 Å². The first kappa shape index (κ1) is 23.5. The van der Waals surface area contributed by atoms with E-state index in [1.54, 1.807) is 6.07 Å². The molecule has 8 heteroatoms. The molecule has 3 rings (SSSR count). The topological polar surface area (TPSA) is 88.9 Å². The Morgan fingerprint density at radius 2 is 1.75 bits per heavy atom. The molecule has 2 amide bonds. The van der Waals surface area contributed by atoms with Gasteiger partial charge >= 0.3 is 0 Å². The lowest BCUT2D eigenvalue weighted by Crippen LogP contribution is -2.29. The van der Waals surface area contributed by atoms with Crippen molar-refractivity contribution < 1.29 is 9.59 Å². The van der Waals surface area contributed by atoms with Gasteiger partial charge in [-0.3, -0.25) is 9.59 Å². The van der Waals surface area contributed by atoms with Crippen molar-refractivity contribution in [3.05, 3.63) is 70.5 Å². The van der Waals surface area contributed by atoms with Gasteiger partial charge in [-0.2, -0.15) is 0 Å². The van der Waals surface area contributed by atoms with Crippen LogP contribution in [0.15, 0.2) is 47.6 Å². The quantitative estimate of drug-likeness (QED) is 0.494. The molecule has 0 aliphatic rings. The van der Waals surface area contributed by atoms with Gasteiger partial charge in [-0.25, -0.2) is 0 Å². The minimum atomic E-state index is -0.326. The second kappa shape index (κ2) is 10.5. The van der Waals surface area contributed by atoms with Gasteiger partial charge in [-0.1, -0.05) is 36.0 Å². The van der Waals surface area contributed by atoms with Crippen LogP contribution >= 0.6 is 11.8 Å². The number of aryl methyl sites for hydroxylation is 3. The monoisotopic (exact) mass is 451 g/mol. The number of nitrogens with zero attached hydrogens (tertiary/aromatic N) is 3. The molecule has 1 aromatic heterocycles. The van der Waals surface area contributed by atoms with E-state index in [2.05, 4.69) is 26.9 Å². The van der Waals surface area contributed by atoms with Crippen LogP contribution in [0, 0.1) is 20.8 Å². The predicted molar refractivity (Wildman–Crippen MR) is 128 cm³/mol. The van der Waals surface area contributed by atoms with Gasteiger partial charge < -0.3 is 15.2 Å². The normalized spacial score (nSPS) is 11.8. The highest BCUT2D eigenvalue weighted by Gasteiger charge is 2.20. The van der Waals surface area contributed by atoms with Gasteiger partial charge in [-0.15, -0.1) is 10.2 Å². The maximum Gasteiger partial charge on any atom is 0.252 e. The van der Waals surface area contributed by atoms with Crippen LogP contribution in [0.5, 0.6) is 0 Å². The second-order valence-electron chi connectivity index (χ2n) is 7.81. The van der Waals surface area contributed by atoms with Crippen LogP contribution in [-0.2, 0) is 11.3 Å². The number of hydrogen-bond donors (Lipinski definition) is 2. The molecule has 0 saturated carbocycles. The highest BCUT2D eigenvalue weighted by molar-refractivity contribution is 7.99. The molecule has 32 heavy (non-hydrogen) atoms. The average molecular weight is 452 g/mol. The summed E-state index contributed by atoms with van der Waals surface area (Å²) in [5.41, 5.74) is 4.55. The fourth-order valence-corrected chi connectivity index (χ4v) is 4.37. The Labute approximate surface area is 193 Å². The molecule has 0 aliphatic heterocycles. The Hall–Kier alpha value is -3.13. The summed E-state index contributed by atoms with van der Waals surface area (Å²) >= 11 is 1.33. The fourth-order valence-electron chi connectivity index (χ4n) is 3.56. The zero-order valence-electron chi connectivity index (χ0n) is 19.1. The van der Waals surface area contributed by atoms with E-state index in [0.29, 0.717) is 23.1 Å². The maximum absolute atomic E-state index is 12.7. The number of thioether (sulfide) groups is 1. The lowest BCUT2D eigenvalue weighted by Gasteiger charge is -2.16. The van der Waals surface area contributed by atoms with Crippen LogP contribution in [0.3, 0.4) is 0 Å². The molecule has 0 spiro atoms. The van der Waals surface area contributed by atoms with Gasteiger partial charge in [0.05, 0.1) is 11.8 Å². The Balaban J connectivity index is 1.64. The molecule has 0 fully saturated rings. The number of rotatable bonds is 8. The maximum atomic E-state index is 12.7. The molecule has 0 aliphatic carbocycles. The minimum Gasteiger partial charge on any atom is -0.342 e. The zero-order chi connectivity index (χ0) is 23.3. The lowest BCUT2D eigenvalue weighted by atomic mass is 10.1. The first-order chi connectivity index (χ1) is 15.3. The van der Waals surface area contributed by atoms with Crippen molar-refractivity contribution >= 4 is 29.3 Å². The first-order valence-corrected chi connectivity index (χ1v) is 11.6. The Morgan fingerprint density at radius 3 is 2.41 bits per heavy atom. The van der Waals surface area contributed by atoms with Gasteiger partial charge in [0, 0.05) is 17.8 Å². The molecule has 3 aromatic rings. The molecule has 2 aromatic carbocycles. The van der Waals surface area contributed by atoms with Gasteiger partial charge in [0.25, 0.3) is 5.91 Å². The van der Waals surface area contributed by atoms with E-state index in [9.17, 15) is 9.59 Å². The summed E-state index contributed by atoms with van der Waals surface area (Å²) in [6.07, 6.45) is 0. The molecule has 0 unspecified atom stereocenters. The van der Waals surface area contributed by atoms with E-state index >= 15 is 0 Å². The van der Waals surface area contributed by atoms with Crippen molar-refractivity contribution in [3.63, 3.8) is 0 Å². The summed E-state index contributed by atoms with van der Waals surface area (Å²) in [6.45, 7) is 10.4. The van der Waals surface area contributed by atoms with Gasteiger partial charge in [-0.05, 0) is 69.5 Å². The Bertz CT molecular complexity index is 1110. The third-order valence-electron chi connectivity index (χ3n) is 5.02. The smallest absolute Gasteiger partial charge is 0.252 e. The number of carbonyl (C=O) groups excluding carboxylic acids is 2. The van der Waals surface area contributed by atoms with Crippen molar-refractivity contribution in [2.45, 2.75) is 52.4 Å². The third kappa shape index (κ3) is 5.76. The second-order valence-corrected chi connectivity index (χ2v) is 8.75. The summed E-state index contributed by atoms with van der Waals surface area (Å²) in [7, 11) is 0. The van der Waals surface area contributed by atoms with Gasteiger partial charge in [0.2, 0.25) is 5.91 Å². The largest absolute Gasteiger partial charge is 0.342 e. The van der Waals surface area contributed by atoms with Crippen molar-refractivity contribution in [1.82, 2.24) is 20.1 Å². The van der Waals surface area contributed by atoms with Crippen LogP contribution in [-0.4, -0.2) is 32.3 Å². The molecule has 7 nitrogen and oxygen atoms in total. The van der Waals surface area contributed by atoms with E-state index in [4.69, 9.17) is 0 Å². The van der Waals surface area contributed by atoms with E-state index in [-0.39, 0.29) is 23.6 Å². The summed E-state index contributed by atoms with van der Waals surface area (Å²) < 4.78 is 1.93. The molecule has 0 saturated heterocycles. The summed E-state index contributed by atoms with van der Waals surface area (Å²) in [5, 5.41) is 15.1. The molecule has 1 heterocycles. The van der Waals surface area contributed by atoms with Crippen LogP contribution in [0.4, 0.5) is 5.69 Å². The van der Waals surface area contributed by atoms with Crippen molar-refractivity contribution in [2.24, 2.45) is 0 Å². The van der Waals surface area contributed by atoms with Gasteiger partial charge in [0.1, 0.15) is 0 Å². The number of aromatic nitrogens is 3. The van der Waals surface area contributed by atoms with E-state index in [1.165, 1.54) is 11.8 Å². The molecule has 1 atom stereocenters. The van der Waals surface area contributed by atoms with Crippen LogP contribution in [0.25, 0.3) is 0 Å². The number of benzene rings is 2. The van der Waals surface area contributed by atoms with Crippen molar-refractivity contribution in [2.75, 3.05) is 11.1 Å². The predicted octanol–water partition coefficient (Wildman–Crippen LogP) is 4.45. The molecular weight excluding hydrogens is 422 g/mol. The summed E-state index contributed by atoms with van der Waals surface area (Å²) in [4.78, 5) is 25.1. The number of anilines is 1. The van der Waals surface area contributed by atoms with E-state index in [1.807, 2.05) is 69.5 Å². The molecule has 0 radical (unpaired) electrons. The average Bonchev–Trinajstić information content (AvgIpc) is 3.14. The highest BCUT2D eigenvalue weighted by atomic mass is 32.2. The molecule has 2 N–H and O–H groups in total. The van der Waals surface area contributed by atoms with Crippen LogP contribution < -0.4 is 10.6 Å². The highest BCUT2D eigenvalue weighted by Crippen LogP contribution is 2.22. The SMILES string of the molecule is CCn1c(SCC(=O)Nc2cc(C)cc(C)c2)nnc1[C@H](C)NC(=O)c1ccccc1C. The first-order valence-electron chi connectivity index (χ1n) is 10.6. The number of carbonyl (C=O) groups is 2. The van der Waals surface area contributed by atoms with Crippen molar-refractivity contribution in [1.29, 1.82) is 0 Å².